The maximum Gasteiger partial charge on any atom is 0.416 e. The molecule has 0 nitrogen and oxygen atoms in total. The molecule has 0 aromatic heterocycles. The fourth-order valence-electron chi connectivity index (χ4n) is 2.04. The molecule has 0 aliphatic carbocycles. The van der Waals surface area contributed by atoms with E-state index in [4.69, 9.17) is 23.2 Å². The Morgan fingerprint density at radius 1 is 1.11 bits per heavy atom. The first kappa shape index (κ1) is 15.6. The van der Waals surface area contributed by atoms with Crippen LogP contribution in [0.2, 0.25) is 10.0 Å². The fraction of sp³-hybridized carbons (Fsp3) is 0.538. The Bertz CT molecular complexity index is 390. The SMILES string of the molecule is CCCC(CC)c1c(Cl)cc(C(F)(F)F)cc1Cl. The van der Waals surface area contributed by atoms with E-state index in [1.165, 1.54) is 0 Å². The summed E-state index contributed by atoms with van der Waals surface area (Å²) in [6, 6.07) is 1.92. The molecule has 1 aromatic carbocycles. The van der Waals surface area contributed by atoms with Crippen LogP contribution in [0.5, 0.6) is 0 Å². The fourth-order valence-corrected chi connectivity index (χ4v) is 2.83. The number of rotatable bonds is 4. The molecular weight excluding hydrogens is 284 g/mol. The summed E-state index contributed by atoms with van der Waals surface area (Å²) in [4.78, 5) is 0. The smallest absolute Gasteiger partial charge is 0.166 e. The Labute approximate surface area is 115 Å². The number of benzene rings is 1. The van der Waals surface area contributed by atoms with Gasteiger partial charge in [0.15, 0.2) is 0 Å². The normalized spacial score (nSPS) is 13.7. The lowest BCUT2D eigenvalue weighted by Gasteiger charge is -2.19. The van der Waals surface area contributed by atoms with Crippen LogP contribution in [0.4, 0.5) is 13.2 Å². The number of hydrogen-bond donors (Lipinski definition) is 0. The number of halogens is 5. The highest BCUT2D eigenvalue weighted by Crippen LogP contribution is 2.40. The highest BCUT2D eigenvalue weighted by molar-refractivity contribution is 6.36. The van der Waals surface area contributed by atoms with E-state index in [-0.39, 0.29) is 16.0 Å². The van der Waals surface area contributed by atoms with Gasteiger partial charge in [0, 0.05) is 10.0 Å². The summed E-state index contributed by atoms with van der Waals surface area (Å²) >= 11 is 11.9. The average molecular weight is 299 g/mol. The van der Waals surface area contributed by atoms with E-state index in [0.29, 0.717) is 5.56 Å². The van der Waals surface area contributed by atoms with Crippen LogP contribution in [0, 0.1) is 0 Å². The van der Waals surface area contributed by atoms with Gasteiger partial charge in [-0.25, -0.2) is 0 Å². The van der Waals surface area contributed by atoms with E-state index < -0.39 is 11.7 Å². The standard InChI is InChI=1S/C13H15Cl2F3/c1-3-5-8(4-2)12-10(14)6-9(7-11(12)15)13(16,17)18/h6-8H,3-5H2,1-2H3. The van der Waals surface area contributed by atoms with Gasteiger partial charge in [0.2, 0.25) is 0 Å². The molecule has 5 heteroatoms. The van der Waals surface area contributed by atoms with Crippen LogP contribution in [0.1, 0.15) is 50.2 Å². The minimum atomic E-state index is -4.42. The van der Waals surface area contributed by atoms with Gasteiger partial charge in [0.25, 0.3) is 0 Å². The molecule has 0 saturated heterocycles. The highest BCUT2D eigenvalue weighted by atomic mass is 35.5. The second kappa shape index (κ2) is 6.16. The zero-order chi connectivity index (χ0) is 13.9. The van der Waals surface area contributed by atoms with Crippen LogP contribution >= 0.6 is 23.2 Å². The van der Waals surface area contributed by atoms with Gasteiger partial charge < -0.3 is 0 Å². The van der Waals surface area contributed by atoms with Crippen LogP contribution in [-0.2, 0) is 6.18 Å². The molecule has 0 spiro atoms. The number of alkyl halides is 3. The summed E-state index contributed by atoms with van der Waals surface area (Å²) in [7, 11) is 0. The Kier molecular flexibility index (Phi) is 5.35. The van der Waals surface area contributed by atoms with Crippen LogP contribution in [-0.4, -0.2) is 0 Å². The Hall–Kier alpha value is -0.410. The average Bonchev–Trinajstić information content (AvgIpc) is 2.25. The molecule has 0 N–H and O–H groups in total. The predicted octanol–water partition coefficient (Wildman–Crippen LogP) is 6.31. The Morgan fingerprint density at radius 3 is 1.94 bits per heavy atom. The maximum atomic E-state index is 12.6. The first-order chi connectivity index (χ1) is 8.31. The largest absolute Gasteiger partial charge is 0.416 e. The van der Waals surface area contributed by atoms with Crippen LogP contribution in [0.25, 0.3) is 0 Å². The zero-order valence-electron chi connectivity index (χ0n) is 10.2. The molecule has 0 saturated carbocycles. The molecule has 0 aliphatic rings. The van der Waals surface area contributed by atoms with Crippen molar-refractivity contribution >= 4 is 23.2 Å². The summed E-state index contributed by atoms with van der Waals surface area (Å²) in [6.45, 7) is 4.00. The van der Waals surface area contributed by atoms with Crippen molar-refractivity contribution in [3.63, 3.8) is 0 Å². The van der Waals surface area contributed by atoms with Gasteiger partial charge in [-0.1, -0.05) is 43.5 Å². The van der Waals surface area contributed by atoms with Gasteiger partial charge in [0.1, 0.15) is 0 Å². The molecule has 1 rings (SSSR count). The lowest BCUT2D eigenvalue weighted by Crippen LogP contribution is -2.07. The lowest BCUT2D eigenvalue weighted by atomic mass is 9.91. The minimum absolute atomic E-state index is 0.107. The molecule has 0 fully saturated rings. The minimum Gasteiger partial charge on any atom is -0.166 e. The molecule has 0 bridgehead atoms. The van der Waals surface area contributed by atoms with Gasteiger partial charge in [-0.15, -0.1) is 0 Å². The van der Waals surface area contributed by atoms with Crippen molar-refractivity contribution in [2.24, 2.45) is 0 Å². The highest BCUT2D eigenvalue weighted by Gasteiger charge is 2.32. The van der Waals surface area contributed by atoms with Gasteiger partial charge in [-0.3, -0.25) is 0 Å². The molecule has 18 heavy (non-hydrogen) atoms. The summed E-state index contributed by atoms with van der Waals surface area (Å²) in [6.07, 6.45) is -1.82. The summed E-state index contributed by atoms with van der Waals surface area (Å²) < 4.78 is 37.8. The third-order valence-electron chi connectivity index (χ3n) is 2.94. The van der Waals surface area contributed by atoms with Crippen LogP contribution in [0.15, 0.2) is 12.1 Å². The van der Waals surface area contributed by atoms with Crippen molar-refractivity contribution in [1.29, 1.82) is 0 Å². The molecule has 1 unspecified atom stereocenters. The van der Waals surface area contributed by atoms with Crippen molar-refractivity contribution in [2.45, 2.75) is 45.2 Å². The van der Waals surface area contributed by atoms with Crippen molar-refractivity contribution < 1.29 is 13.2 Å². The molecule has 0 radical (unpaired) electrons. The first-order valence-electron chi connectivity index (χ1n) is 5.87. The lowest BCUT2D eigenvalue weighted by molar-refractivity contribution is -0.137. The molecule has 0 aliphatic heterocycles. The summed E-state index contributed by atoms with van der Waals surface area (Å²) in [5, 5.41) is 0.213. The molecule has 1 atom stereocenters. The second-order valence-corrected chi connectivity index (χ2v) is 5.06. The van der Waals surface area contributed by atoms with Crippen LogP contribution < -0.4 is 0 Å². The van der Waals surface area contributed by atoms with E-state index in [0.717, 1.165) is 31.4 Å². The van der Waals surface area contributed by atoms with E-state index in [1.807, 2.05) is 13.8 Å². The van der Waals surface area contributed by atoms with E-state index in [2.05, 4.69) is 0 Å². The topological polar surface area (TPSA) is 0 Å². The monoisotopic (exact) mass is 298 g/mol. The molecule has 1 aromatic rings. The van der Waals surface area contributed by atoms with Crippen molar-refractivity contribution in [3.8, 4) is 0 Å². The van der Waals surface area contributed by atoms with Gasteiger partial charge in [-0.05, 0) is 36.5 Å². The van der Waals surface area contributed by atoms with Crippen molar-refractivity contribution in [1.82, 2.24) is 0 Å². The molecular formula is C13H15Cl2F3. The van der Waals surface area contributed by atoms with Crippen molar-refractivity contribution in [2.75, 3.05) is 0 Å². The van der Waals surface area contributed by atoms with Crippen LogP contribution in [0.3, 0.4) is 0 Å². The molecule has 0 amide bonds. The predicted molar refractivity (Wildman–Crippen MR) is 69.4 cm³/mol. The van der Waals surface area contributed by atoms with Gasteiger partial charge in [0.05, 0.1) is 5.56 Å². The quantitative estimate of drug-likeness (QED) is 0.611. The van der Waals surface area contributed by atoms with Gasteiger partial charge in [-0.2, -0.15) is 13.2 Å². The first-order valence-corrected chi connectivity index (χ1v) is 6.62. The third kappa shape index (κ3) is 3.55. The van der Waals surface area contributed by atoms with Crippen molar-refractivity contribution in [3.05, 3.63) is 33.3 Å². The van der Waals surface area contributed by atoms with E-state index in [9.17, 15) is 13.2 Å². The summed E-state index contributed by atoms with van der Waals surface area (Å²) in [5.41, 5.74) is -0.164. The molecule has 102 valence electrons. The zero-order valence-corrected chi connectivity index (χ0v) is 11.8. The second-order valence-electron chi connectivity index (χ2n) is 4.25. The van der Waals surface area contributed by atoms with Gasteiger partial charge >= 0.3 is 6.18 Å². The number of hydrogen-bond acceptors (Lipinski definition) is 0. The van der Waals surface area contributed by atoms with E-state index >= 15 is 0 Å². The Morgan fingerprint density at radius 2 is 1.61 bits per heavy atom. The molecule has 0 heterocycles. The third-order valence-corrected chi connectivity index (χ3v) is 3.57. The Balaban J connectivity index is 3.23. The van der Waals surface area contributed by atoms with E-state index in [1.54, 1.807) is 0 Å². The maximum absolute atomic E-state index is 12.6. The summed E-state index contributed by atoms with van der Waals surface area (Å²) in [5.74, 6) is 0.109.